The molecule has 2 aromatic carbocycles. The number of hydrogen-bond acceptors (Lipinski definition) is 11. The highest BCUT2D eigenvalue weighted by Crippen LogP contribution is 2.46. The number of fused-ring (bicyclic) bond motifs is 5. The number of alkyl carbamates (subject to hydrolysis) is 1. The highest BCUT2D eigenvalue weighted by atomic mass is 32.2. The van der Waals surface area contributed by atoms with Crippen molar-refractivity contribution in [3.63, 3.8) is 0 Å². The van der Waals surface area contributed by atoms with Gasteiger partial charge in [0.25, 0.3) is 5.91 Å². The van der Waals surface area contributed by atoms with Gasteiger partial charge in [0, 0.05) is 24.0 Å². The summed E-state index contributed by atoms with van der Waals surface area (Å²) in [4.78, 5) is 62.8. The first-order valence-electron chi connectivity index (χ1n) is 21.6. The fourth-order valence-corrected chi connectivity index (χ4v) is 10.4. The zero-order valence-electron chi connectivity index (χ0n) is 34.4. The van der Waals surface area contributed by atoms with E-state index in [4.69, 9.17) is 23.6 Å². The maximum Gasteiger partial charge on any atom is 0.408 e. The number of sulfonamides is 1. The Bertz CT molecular complexity index is 2550. The van der Waals surface area contributed by atoms with Gasteiger partial charge < -0.3 is 34.2 Å². The van der Waals surface area contributed by atoms with E-state index in [0.29, 0.717) is 47.9 Å². The van der Waals surface area contributed by atoms with Crippen LogP contribution in [0.5, 0.6) is 11.5 Å². The summed E-state index contributed by atoms with van der Waals surface area (Å²) in [5.41, 5.74) is 0.00359. The smallest absolute Gasteiger partial charge is 0.408 e. The van der Waals surface area contributed by atoms with E-state index in [2.05, 4.69) is 15.4 Å². The second kappa shape index (κ2) is 16.9. The number of nitrogens with zero attached hydrogens (tertiary/aromatic N) is 2. The molecule has 4 aromatic rings. The van der Waals surface area contributed by atoms with Gasteiger partial charge in [0.2, 0.25) is 21.8 Å². The Labute approximate surface area is 358 Å². The summed E-state index contributed by atoms with van der Waals surface area (Å²) < 4.78 is 67.6. The van der Waals surface area contributed by atoms with Gasteiger partial charge in [0.1, 0.15) is 52.5 Å². The first kappa shape index (κ1) is 41.6. The number of ether oxygens (including phenoxy) is 3. The molecule has 0 unspecified atom stereocenters. The van der Waals surface area contributed by atoms with Crippen LogP contribution in [0.25, 0.3) is 33.3 Å². The second-order valence-electron chi connectivity index (χ2n) is 17.1. The number of carbonyl (C=O) groups is 4. The maximum absolute atomic E-state index is 15.3. The Morgan fingerprint density at radius 1 is 0.984 bits per heavy atom. The summed E-state index contributed by atoms with van der Waals surface area (Å²) in [5.74, 6) is -2.28. The highest BCUT2D eigenvalue weighted by Gasteiger charge is 2.62. The van der Waals surface area contributed by atoms with Crippen LogP contribution in [0, 0.1) is 11.7 Å². The third-order valence-electron chi connectivity index (χ3n) is 12.7. The maximum atomic E-state index is 15.3. The van der Waals surface area contributed by atoms with Crippen molar-refractivity contribution in [2.24, 2.45) is 5.92 Å². The summed E-state index contributed by atoms with van der Waals surface area (Å²) in [6.45, 7) is -0.113. The van der Waals surface area contributed by atoms with Gasteiger partial charge in [-0.15, -0.1) is 0 Å². The van der Waals surface area contributed by atoms with Gasteiger partial charge in [0.05, 0.1) is 30.0 Å². The number of amides is 4. The largest absolute Gasteiger partial charge is 0.497 e. The van der Waals surface area contributed by atoms with Gasteiger partial charge in [-0.3, -0.25) is 19.1 Å². The third-order valence-corrected chi connectivity index (χ3v) is 14.6. The molecule has 328 valence electrons. The molecule has 5 aliphatic rings. The van der Waals surface area contributed by atoms with Crippen molar-refractivity contribution in [1.29, 1.82) is 0 Å². The quantitative estimate of drug-likeness (QED) is 0.163. The normalized spacial score (nSPS) is 25.9. The van der Waals surface area contributed by atoms with Crippen LogP contribution >= 0.6 is 0 Å². The van der Waals surface area contributed by atoms with E-state index in [0.717, 1.165) is 38.5 Å². The van der Waals surface area contributed by atoms with Crippen molar-refractivity contribution >= 4 is 55.9 Å². The van der Waals surface area contributed by atoms with E-state index in [1.807, 2.05) is 12.2 Å². The molecule has 17 heteroatoms. The van der Waals surface area contributed by atoms with Crippen molar-refractivity contribution in [2.75, 3.05) is 13.7 Å². The van der Waals surface area contributed by atoms with E-state index >= 15 is 4.39 Å². The first-order valence-corrected chi connectivity index (χ1v) is 23.1. The lowest BCUT2D eigenvalue weighted by atomic mass is 10.0. The zero-order valence-corrected chi connectivity index (χ0v) is 35.2. The van der Waals surface area contributed by atoms with Crippen LogP contribution in [0.2, 0.25) is 0 Å². The van der Waals surface area contributed by atoms with Gasteiger partial charge in [-0.1, -0.05) is 37.1 Å². The molecule has 9 rings (SSSR count). The molecule has 3 aliphatic carbocycles. The number of furan rings is 1. The average Bonchev–Trinajstić information content (AvgIpc) is 4.07. The Balaban J connectivity index is 1.07. The molecule has 3 saturated carbocycles. The van der Waals surface area contributed by atoms with Crippen molar-refractivity contribution in [2.45, 2.75) is 119 Å². The van der Waals surface area contributed by atoms with E-state index in [1.54, 1.807) is 42.5 Å². The molecule has 0 bridgehead atoms. The molecule has 15 nitrogen and oxygen atoms in total. The number of halogens is 1. The fourth-order valence-electron chi connectivity index (χ4n) is 9.07. The highest BCUT2D eigenvalue weighted by molar-refractivity contribution is 7.91. The molecule has 4 fully saturated rings. The molecule has 4 amide bonds. The predicted octanol–water partition coefficient (Wildman–Crippen LogP) is 6.19. The van der Waals surface area contributed by atoms with Crippen LogP contribution in [0.1, 0.15) is 83.5 Å². The van der Waals surface area contributed by atoms with E-state index < -0.39 is 74.5 Å². The number of hydrogen-bond donors (Lipinski definition) is 3. The lowest BCUT2D eigenvalue weighted by molar-refractivity contribution is -0.141. The van der Waals surface area contributed by atoms with E-state index in [1.165, 1.54) is 18.1 Å². The molecule has 2 aliphatic heterocycles. The summed E-state index contributed by atoms with van der Waals surface area (Å²) in [7, 11) is -2.41. The summed E-state index contributed by atoms with van der Waals surface area (Å²) >= 11 is 0. The average molecular weight is 872 g/mol. The number of aromatic nitrogens is 1. The molecule has 0 spiro atoms. The SMILES string of the molecule is COc1ccc2oc3c(O[C@@H]4C[C@H]5C(=O)N[C@]6(C(=O)NS(=O)(=O)C7CC7)C[C@H]6C=CCCCCC[C@H](NC(=O)OC6CCCC6)C(=O)N5C4)cc(-c4ccccc4F)nc3c2c1. The van der Waals surface area contributed by atoms with Crippen molar-refractivity contribution in [3.05, 3.63) is 66.5 Å². The Morgan fingerprint density at radius 3 is 2.55 bits per heavy atom. The van der Waals surface area contributed by atoms with Crippen LogP contribution < -0.4 is 24.8 Å². The van der Waals surface area contributed by atoms with Gasteiger partial charge >= 0.3 is 6.09 Å². The minimum Gasteiger partial charge on any atom is -0.497 e. The predicted molar refractivity (Wildman–Crippen MR) is 225 cm³/mol. The molecule has 3 N–H and O–H groups in total. The Hall–Kier alpha value is -5.71. The number of pyridine rings is 1. The number of nitrogens with one attached hydrogen (secondary N) is 3. The number of carbonyl (C=O) groups excluding carboxylic acids is 4. The fraction of sp³-hybridized carbons (Fsp3) is 0.489. The first-order chi connectivity index (χ1) is 29.9. The monoisotopic (exact) mass is 871 g/mol. The van der Waals surface area contributed by atoms with Crippen LogP contribution in [0.4, 0.5) is 9.18 Å². The number of methoxy groups -OCH3 is 1. The molecule has 5 atom stereocenters. The van der Waals surface area contributed by atoms with Crippen LogP contribution in [0.15, 0.2) is 65.1 Å². The van der Waals surface area contributed by atoms with E-state index in [9.17, 15) is 27.6 Å². The summed E-state index contributed by atoms with van der Waals surface area (Å²) in [5, 5.41) is 5.62. The molecule has 62 heavy (non-hydrogen) atoms. The minimum absolute atomic E-state index is 0.0533. The van der Waals surface area contributed by atoms with Crippen LogP contribution in [-0.2, 0) is 29.1 Å². The summed E-state index contributed by atoms with van der Waals surface area (Å²) in [6, 6.07) is 10.7. The molecule has 0 radical (unpaired) electrons. The van der Waals surface area contributed by atoms with E-state index in [-0.39, 0.29) is 54.5 Å². The number of allylic oxidation sites excluding steroid dienone is 1. The number of rotatable bonds is 9. The number of benzene rings is 2. The van der Waals surface area contributed by atoms with Gasteiger partial charge in [-0.05, 0) is 94.5 Å². The Morgan fingerprint density at radius 2 is 1.77 bits per heavy atom. The minimum atomic E-state index is -3.94. The molecule has 4 heterocycles. The molecule has 2 aromatic heterocycles. The van der Waals surface area contributed by atoms with Gasteiger partial charge in [-0.2, -0.15) is 0 Å². The van der Waals surface area contributed by atoms with Crippen molar-refractivity contribution < 1.29 is 50.6 Å². The third kappa shape index (κ3) is 8.42. The zero-order chi connectivity index (χ0) is 43.2. The second-order valence-corrected chi connectivity index (χ2v) is 19.1. The molecular formula is C45H50FN5O10S. The Kier molecular flexibility index (Phi) is 11.3. The van der Waals surface area contributed by atoms with Crippen LogP contribution in [-0.4, -0.2) is 90.9 Å². The van der Waals surface area contributed by atoms with Gasteiger partial charge in [0.15, 0.2) is 11.3 Å². The molecule has 1 saturated heterocycles. The standard InChI is InChI=1S/C45H50FN5O10S/c1-58-28-17-20-37-32(21-28)39-40(61-37)38(23-35(47-39)31-14-9-10-15-33(31)46)59-29-22-36-41(52)49-45(43(54)50-62(56,57)30-18-19-30)24-26(45)11-5-3-2-4-6-16-34(42(53)51(36)25-29)48-44(55)60-27-12-7-8-13-27/h5,9-11,14-15,17,20-21,23,26-27,29-30,34,36H,2-4,6-8,12-13,16,18-19,22,24-25H2,1H3,(H,48,55)(H,49,52)(H,50,54)/t26-,29-,34+,36+,45-/m1/s1. The van der Waals surface area contributed by atoms with Gasteiger partial charge in [-0.25, -0.2) is 22.6 Å². The van der Waals surface area contributed by atoms with Crippen molar-refractivity contribution in [3.8, 4) is 22.8 Å². The van der Waals surface area contributed by atoms with Crippen LogP contribution in [0.3, 0.4) is 0 Å². The summed E-state index contributed by atoms with van der Waals surface area (Å²) in [6.07, 6.45) is 9.42. The molecular weight excluding hydrogens is 822 g/mol. The van der Waals surface area contributed by atoms with Crippen molar-refractivity contribution in [1.82, 2.24) is 25.2 Å². The topological polar surface area (TPSA) is 195 Å². The lowest BCUT2D eigenvalue weighted by Gasteiger charge is -2.30. The lowest BCUT2D eigenvalue weighted by Crippen LogP contribution is -2.58.